The van der Waals surface area contributed by atoms with Crippen molar-refractivity contribution in [2.24, 2.45) is 11.7 Å². The first kappa shape index (κ1) is 15.9. The van der Waals surface area contributed by atoms with Crippen LogP contribution in [0, 0.1) is 5.92 Å². The molecule has 1 aromatic heterocycles. The summed E-state index contributed by atoms with van der Waals surface area (Å²) in [5.74, 6) is 0.221. The number of amides is 2. The first-order valence-corrected chi connectivity index (χ1v) is 8.79. The van der Waals surface area contributed by atoms with Gasteiger partial charge in [-0.05, 0) is 36.8 Å². The van der Waals surface area contributed by atoms with Crippen LogP contribution < -0.4 is 11.1 Å². The number of rotatable bonds is 5. The molecule has 1 fully saturated rings. The summed E-state index contributed by atoms with van der Waals surface area (Å²) in [5, 5.41) is 7.21. The molecule has 1 aromatic carbocycles. The molecule has 25 heavy (non-hydrogen) atoms. The molecule has 1 spiro atoms. The molecule has 1 heterocycles. The summed E-state index contributed by atoms with van der Waals surface area (Å²) in [6, 6.07) is 10.3. The Balaban J connectivity index is 1.43. The lowest BCUT2D eigenvalue weighted by atomic mass is 9.78. The van der Waals surface area contributed by atoms with Crippen LogP contribution in [-0.4, -0.2) is 21.6 Å². The number of aromatic nitrogens is 2. The molecule has 4 rings (SSSR count). The fourth-order valence-electron chi connectivity index (χ4n) is 4.17. The maximum Gasteiger partial charge on any atom is 0.229 e. The van der Waals surface area contributed by atoms with Crippen LogP contribution in [0.3, 0.4) is 0 Å². The van der Waals surface area contributed by atoms with Gasteiger partial charge in [0.15, 0.2) is 5.82 Å². The number of nitrogens with two attached hydrogens (primary N) is 1. The number of anilines is 1. The second-order valence-electron chi connectivity index (χ2n) is 7.09. The van der Waals surface area contributed by atoms with Gasteiger partial charge in [-0.1, -0.05) is 24.3 Å². The molecule has 6 nitrogen and oxygen atoms in total. The predicted molar refractivity (Wildman–Crippen MR) is 93.8 cm³/mol. The number of nitrogens with zero attached hydrogens (tertiary/aromatic N) is 2. The Labute approximate surface area is 146 Å². The fourth-order valence-corrected chi connectivity index (χ4v) is 4.17. The zero-order valence-corrected chi connectivity index (χ0v) is 14.1. The summed E-state index contributed by atoms with van der Waals surface area (Å²) in [6.07, 6.45) is 6.22. The molecule has 2 unspecified atom stereocenters. The van der Waals surface area contributed by atoms with Crippen molar-refractivity contribution in [2.45, 2.75) is 44.1 Å². The highest BCUT2D eigenvalue weighted by Gasteiger charge is 2.60. The molecular weight excluding hydrogens is 316 g/mol. The molecule has 6 heteroatoms. The summed E-state index contributed by atoms with van der Waals surface area (Å²) in [4.78, 5) is 23.5. The van der Waals surface area contributed by atoms with E-state index in [1.807, 2.05) is 0 Å². The van der Waals surface area contributed by atoms with Crippen molar-refractivity contribution in [3.05, 3.63) is 47.7 Å². The Bertz CT molecular complexity index is 828. The van der Waals surface area contributed by atoms with Gasteiger partial charge in [-0.15, -0.1) is 0 Å². The third kappa shape index (κ3) is 2.92. The van der Waals surface area contributed by atoms with Crippen LogP contribution in [0.15, 0.2) is 36.5 Å². The minimum absolute atomic E-state index is 0.0183. The Kier molecular flexibility index (Phi) is 3.82. The second-order valence-corrected chi connectivity index (χ2v) is 7.09. The Morgan fingerprint density at radius 3 is 3.00 bits per heavy atom. The van der Waals surface area contributed by atoms with E-state index in [0.717, 1.165) is 25.7 Å². The van der Waals surface area contributed by atoms with E-state index in [1.165, 1.54) is 11.1 Å². The minimum Gasteiger partial charge on any atom is -0.370 e. The number of aryl methyl sites for hydroxylation is 2. The average Bonchev–Trinajstić information content (AvgIpc) is 3.14. The third-order valence-corrected chi connectivity index (χ3v) is 5.49. The zero-order chi connectivity index (χ0) is 17.4. The van der Waals surface area contributed by atoms with Crippen molar-refractivity contribution in [3.63, 3.8) is 0 Å². The molecule has 1 saturated carbocycles. The summed E-state index contributed by atoms with van der Waals surface area (Å²) in [7, 11) is 0. The normalized spacial score (nSPS) is 23.9. The molecular formula is C19H22N4O2. The number of carbonyl (C=O) groups is 2. The Hall–Kier alpha value is -2.63. The lowest BCUT2D eigenvalue weighted by Gasteiger charge is -2.26. The molecule has 0 saturated heterocycles. The van der Waals surface area contributed by atoms with Gasteiger partial charge in [0.2, 0.25) is 11.8 Å². The van der Waals surface area contributed by atoms with E-state index >= 15 is 0 Å². The van der Waals surface area contributed by atoms with Crippen LogP contribution in [0.25, 0.3) is 0 Å². The third-order valence-electron chi connectivity index (χ3n) is 5.49. The molecule has 3 N–H and O–H groups in total. The summed E-state index contributed by atoms with van der Waals surface area (Å²) in [6.45, 7) is 0.423. The van der Waals surface area contributed by atoms with Crippen LogP contribution in [-0.2, 0) is 28.0 Å². The van der Waals surface area contributed by atoms with Gasteiger partial charge >= 0.3 is 0 Å². The van der Waals surface area contributed by atoms with Crippen molar-refractivity contribution >= 4 is 17.6 Å². The van der Waals surface area contributed by atoms with Crippen molar-refractivity contribution in [1.82, 2.24) is 9.78 Å². The standard InChI is InChI=1S/C19H22N4O2/c20-16(24)7-10-23-11-8-17(22-23)21-18(25)15-12-19(15)9-3-5-13-4-1-2-6-14(13)19/h1-2,4,6,8,11,15H,3,5,7,9-10,12H2,(H2,20,24)(H,21,22,25). The van der Waals surface area contributed by atoms with Crippen LogP contribution in [0.1, 0.15) is 36.8 Å². The van der Waals surface area contributed by atoms with E-state index in [-0.39, 0.29) is 29.6 Å². The minimum atomic E-state index is -0.364. The first-order valence-electron chi connectivity index (χ1n) is 8.79. The zero-order valence-electron chi connectivity index (χ0n) is 14.1. The molecule has 2 atom stereocenters. The Morgan fingerprint density at radius 1 is 1.32 bits per heavy atom. The maximum atomic E-state index is 12.7. The molecule has 2 aromatic rings. The van der Waals surface area contributed by atoms with E-state index in [1.54, 1.807) is 16.9 Å². The van der Waals surface area contributed by atoms with Crippen molar-refractivity contribution in [1.29, 1.82) is 0 Å². The van der Waals surface area contributed by atoms with Gasteiger partial charge in [-0.3, -0.25) is 14.3 Å². The highest BCUT2D eigenvalue weighted by Crippen LogP contribution is 2.60. The molecule has 0 radical (unpaired) electrons. The lowest BCUT2D eigenvalue weighted by Crippen LogP contribution is -2.25. The highest BCUT2D eigenvalue weighted by atomic mass is 16.2. The summed E-state index contributed by atoms with van der Waals surface area (Å²) < 4.78 is 1.62. The predicted octanol–water partition coefficient (Wildman–Crippen LogP) is 1.99. The number of benzene rings is 1. The molecule has 2 aliphatic rings. The summed E-state index contributed by atoms with van der Waals surface area (Å²) in [5.41, 5.74) is 7.91. The van der Waals surface area contributed by atoms with Gasteiger partial charge in [0.1, 0.15) is 0 Å². The van der Waals surface area contributed by atoms with Gasteiger partial charge in [0, 0.05) is 36.6 Å². The molecule has 2 amide bonds. The van der Waals surface area contributed by atoms with Crippen molar-refractivity contribution in [2.75, 3.05) is 5.32 Å². The maximum absolute atomic E-state index is 12.7. The van der Waals surface area contributed by atoms with E-state index in [2.05, 4.69) is 34.7 Å². The van der Waals surface area contributed by atoms with E-state index in [0.29, 0.717) is 12.4 Å². The lowest BCUT2D eigenvalue weighted by molar-refractivity contribution is -0.119. The number of primary amides is 1. The van der Waals surface area contributed by atoms with Crippen molar-refractivity contribution in [3.8, 4) is 0 Å². The van der Waals surface area contributed by atoms with Gasteiger partial charge in [0.25, 0.3) is 0 Å². The molecule has 0 aliphatic heterocycles. The smallest absolute Gasteiger partial charge is 0.229 e. The van der Waals surface area contributed by atoms with E-state index in [4.69, 9.17) is 5.73 Å². The van der Waals surface area contributed by atoms with Gasteiger partial charge in [0.05, 0.1) is 0 Å². The quantitative estimate of drug-likeness (QED) is 0.873. The highest BCUT2D eigenvalue weighted by molar-refractivity contribution is 5.95. The van der Waals surface area contributed by atoms with E-state index in [9.17, 15) is 9.59 Å². The van der Waals surface area contributed by atoms with E-state index < -0.39 is 0 Å². The van der Waals surface area contributed by atoms with Crippen LogP contribution in [0.4, 0.5) is 5.82 Å². The van der Waals surface area contributed by atoms with Gasteiger partial charge in [-0.25, -0.2) is 0 Å². The van der Waals surface area contributed by atoms with Gasteiger partial charge in [-0.2, -0.15) is 5.10 Å². The molecule has 0 bridgehead atoms. The van der Waals surface area contributed by atoms with Crippen molar-refractivity contribution < 1.29 is 9.59 Å². The SMILES string of the molecule is NC(=O)CCn1ccc(NC(=O)C2CC23CCCc2ccccc23)n1. The number of fused-ring (bicyclic) bond motifs is 2. The summed E-state index contributed by atoms with van der Waals surface area (Å²) >= 11 is 0. The average molecular weight is 338 g/mol. The number of carbonyl (C=O) groups excluding carboxylic acids is 2. The largest absolute Gasteiger partial charge is 0.370 e. The molecule has 130 valence electrons. The van der Waals surface area contributed by atoms with Crippen LogP contribution in [0.5, 0.6) is 0 Å². The monoisotopic (exact) mass is 338 g/mol. The fraction of sp³-hybridized carbons (Fsp3) is 0.421. The second kappa shape index (κ2) is 6.02. The Morgan fingerprint density at radius 2 is 2.16 bits per heavy atom. The van der Waals surface area contributed by atoms with Gasteiger partial charge < -0.3 is 11.1 Å². The number of hydrogen-bond donors (Lipinski definition) is 2. The van der Waals surface area contributed by atoms with Crippen LogP contribution in [0.2, 0.25) is 0 Å². The number of hydrogen-bond acceptors (Lipinski definition) is 3. The van der Waals surface area contributed by atoms with Crippen LogP contribution >= 0.6 is 0 Å². The number of nitrogens with one attached hydrogen (secondary N) is 1. The first-order chi connectivity index (χ1) is 12.1. The topological polar surface area (TPSA) is 90.0 Å². The molecule has 2 aliphatic carbocycles.